The Balaban J connectivity index is 0.00000210. The van der Waals surface area contributed by atoms with Crippen LogP contribution in [-0.2, 0) is 17.8 Å². The van der Waals surface area contributed by atoms with Crippen LogP contribution in [0.1, 0.15) is 18.4 Å². The zero-order chi connectivity index (χ0) is 18.3. The summed E-state index contributed by atoms with van der Waals surface area (Å²) in [5, 5.41) is 0.497. The van der Waals surface area contributed by atoms with E-state index in [0.717, 1.165) is 24.1 Å². The molecule has 142 valence electrons. The van der Waals surface area contributed by atoms with E-state index in [1.165, 1.54) is 4.57 Å². The van der Waals surface area contributed by atoms with Gasteiger partial charge in [0.05, 0.1) is 5.52 Å². The Kier molecular flexibility index (Phi) is 5.48. The number of nitrogen functional groups attached to an aromatic ring is 1. The molecule has 1 aromatic heterocycles. The largest absolute Gasteiger partial charge is 0.419 e. The van der Waals surface area contributed by atoms with E-state index in [4.69, 9.17) is 21.8 Å². The molecule has 8 heteroatoms. The second-order valence-electron chi connectivity index (χ2n) is 6.38. The summed E-state index contributed by atoms with van der Waals surface area (Å²) < 4.78 is 6.68. The van der Waals surface area contributed by atoms with Gasteiger partial charge in [-0.05, 0) is 42.7 Å². The maximum Gasteiger partial charge on any atom is 0.419 e. The maximum atomic E-state index is 12.8. The van der Waals surface area contributed by atoms with E-state index < -0.39 is 5.76 Å². The lowest BCUT2D eigenvalue weighted by Gasteiger charge is -2.30. The molecule has 2 N–H and O–H groups in total. The van der Waals surface area contributed by atoms with Gasteiger partial charge >= 0.3 is 5.76 Å². The van der Waals surface area contributed by atoms with Crippen LogP contribution in [0.3, 0.4) is 0 Å². The first-order valence-electron chi connectivity index (χ1n) is 8.51. The molecule has 0 bridgehead atoms. The quantitative estimate of drug-likeness (QED) is 0.672. The smallest absolute Gasteiger partial charge is 0.408 e. The summed E-state index contributed by atoms with van der Waals surface area (Å²) in [6.07, 6.45) is 1.95. The van der Waals surface area contributed by atoms with Crippen LogP contribution in [0.2, 0.25) is 5.02 Å². The highest BCUT2D eigenvalue weighted by atomic mass is 35.5. The van der Waals surface area contributed by atoms with Crippen molar-refractivity contribution < 1.29 is 9.21 Å². The van der Waals surface area contributed by atoms with Gasteiger partial charge in [0.15, 0.2) is 5.58 Å². The number of carbonyl (C=O) groups is 1. The molecule has 0 unspecified atom stereocenters. The Labute approximate surface area is 166 Å². The van der Waals surface area contributed by atoms with Gasteiger partial charge < -0.3 is 15.1 Å². The molecule has 27 heavy (non-hydrogen) atoms. The highest BCUT2D eigenvalue weighted by Gasteiger charge is 2.24. The molecular formula is C19H19Cl2N3O3. The molecule has 0 saturated carbocycles. The minimum absolute atomic E-state index is 0. The molecule has 0 aliphatic carbocycles. The molecule has 1 aliphatic rings. The highest BCUT2D eigenvalue weighted by molar-refractivity contribution is 6.31. The average Bonchev–Trinajstić information content (AvgIpc) is 2.93. The van der Waals surface area contributed by atoms with Crippen LogP contribution in [0.4, 0.5) is 11.4 Å². The maximum absolute atomic E-state index is 12.8. The number of hydrogen-bond acceptors (Lipinski definition) is 4. The first-order chi connectivity index (χ1) is 12.5. The molecule has 2 aromatic carbocycles. The van der Waals surface area contributed by atoms with E-state index >= 15 is 0 Å². The SMILES string of the molecule is Cl.Nc1cccc2c1CCCN2C(=O)CCn1c(=O)oc2cc(Cl)ccc21. The third-order valence-electron chi connectivity index (χ3n) is 4.77. The number of benzene rings is 2. The number of halogens is 2. The van der Waals surface area contributed by atoms with E-state index in [0.29, 0.717) is 28.4 Å². The van der Waals surface area contributed by atoms with Crippen LogP contribution in [-0.4, -0.2) is 17.0 Å². The van der Waals surface area contributed by atoms with Gasteiger partial charge in [-0.15, -0.1) is 12.4 Å². The topological polar surface area (TPSA) is 81.5 Å². The van der Waals surface area contributed by atoms with Gasteiger partial charge in [0.2, 0.25) is 5.91 Å². The molecule has 1 amide bonds. The van der Waals surface area contributed by atoms with Gasteiger partial charge in [0.1, 0.15) is 0 Å². The Morgan fingerprint density at radius 2 is 2.07 bits per heavy atom. The van der Waals surface area contributed by atoms with Crippen LogP contribution in [0, 0.1) is 0 Å². The zero-order valence-electron chi connectivity index (χ0n) is 14.5. The summed E-state index contributed by atoms with van der Waals surface area (Å²) in [6, 6.07) is 10.7. The number of carbonyl (C=O) groups excluding carboxylic acids is 1. The molecule has 0 spiro atoms. The van der Waals surface area contributed by atoms with Crippen molar-refractivity contribution in [2.24, 2.45) is 0 Å². The van der Waals surface area contributed by atoms with E-state index in [9.17, 15) is 9.59 Å². The van der Waals surface area contributed by atoms with Crippen molar-refractivity contribution in [2.45, 2.75) is 25.8 Å². The van der Waals surface area contributed by atoms with Gasteiger partial charge in [-0.2, -0.15) is 0 Å². The predicted molar refractivity (Wildman–Crippen MR) is 109 cm³/mol. The van der Waals surface area contributed by atoms with Crippen LogP contribution in [0.25, 0.3) is 11.1 Å². The summed E-state index contributed by atoms with van der Waals surface area (Å²) in [6.45, 7) is 0.909. The average molecular weight is 408 g/mol. The monoisotopic (exact) mass is 407 g/mol. The summed E-state index contributed by atoms with van der Waals surface area (Å²) in [7, 11) is 0. The molecule has 4 rings (SSSR count). The fourth-order valence-corrected chi connectivity index (χ4v) is 3.67. The minimum atomic E-state index is -0.488. The number of hydrogen-bond donors (Lipinski definition) is 1. The van der Waals surface area contributed by atoms with Gasteiger partial charge in [-0.1, -0.05) is 17.7 Å². The third kappa shape index (κ3) is 3.55. The standard InChI is InChI=1S/C19H18ClN3O3.ClH/c20-12-6-7-16-17(11-12)26-19(25)23(16)10-8-18(24)22-9-2-3-13-14(21)4-1-5-15(13)22;/h1,4-7,11H,2-3,8-10,21H2;1H. The number of nitrogens with zero attached hydrogens (tertiary/aromatic N) is 2. The summed E-state index contributed by atoms with van der Waals surface area (Å²) in [5.74, 6) is -0.523. The second-order valence-corrected chi connectivity index (χ2v) is 6.81. The number of anilines is 2. The Morgan fingerprint density at radius 1 is 1.26 bits per heavy atom. The van der Waals surface area contributed by atoms with Gasteiger partial charge in [0, 0.05) is 42.0 Å². The highest BCUT2D eigenvalue weighted by Crippen LogP contribution is 2.31. The zero-order valence-corrected chi connectivity index (χ0v) is 16.1. The van der Waals surface area contributed by atoms with Crippen molar-refractivity contribution in [1.29, 1.82) is 0 Å². The number of fused-ring (bicyclic) bond motifs is 2. The summed E-state index contributed by atoms with van der Waals surface area (Å²) >= 11 is 5.93. The molecule has 0 saturated heterocycles. The van der Waals surface area contributed by atoms with Gasteiger partial charge in [0.25, 0.3) is 0 Å². The Morgan fingerprint density at radius 3 is 2.89 bits per heavy atom. The number of amides is 1. The molecular weight excluding hydrogens is 389 g/mol. The number of aromatic nitrogens is 1. The van der Waals surface area contributed by atoms with Crippen LogP contribution in [0.15, 0.2) is 45.6 Å². The lowest BCUT2D eigenvalue weighted by molar-refractivity contribution is -0.118. The van der Waals surface area contributed by atoms with Crippen molar-refractivity contribution >= 4 is 52.4 Å². The Hall–Kier alpha value is -2.44. The normalized spacial score (nSPS) is 13.3. The summed E-state index contributed by atoms with van der Waals surface area (Å²) in [5.41, 5.74) is 9.71. The molecule has 6 nitrogen and oxygen atoms in total. The molecule has 0 radical (unpaired) electrons. The van der Waals surface area contributed by atoms with Crippen LogP contribution in [0.5, 0.6) is 0 Å². The van der Waals surface area contributed by atoms with Crippen molar-refractivity contribution in [2.75, 3.05) is 17.2 Å². The van der Waals surface area contributed by atoms with E-state index in [2.05, 4.69) is 0 Å². The first kappa shape index (κ1) is 19.3. The number of rotatable bonds is 3. The van der Waals surface area contributed by atoms with E-state index in [1.54, 1.807) is 23.1 Å². The minimum Gasteiger partial charge on any atom is -0.408 e. The fraction of sp³-hybridized carbons (Fsp3) is 0.263. The fourth-order valence-electron chi connectivity index (χ4n) is 3.51. The Bertz CT molecular complexity index is 1060. The first-order valence-corrected chi connectivity index (χ1v) is 8.89. The third-order valence-corrected chi connectivity index (χ3v) is 5.00. The van der Waals surface area contributed by atoms with Crippen molar-refractivity contribution in [3.05, 3.63) is 57.5 Å². The van der Waals surface area contributed by atoms with Crippen molar-refractivity contribution in [3.63, 3.8) is 0 Å². The van der Waals surface area contributed by atoms with Gasteiger partial charge in [-0.25, -0.2) is 4.79 Å². The number of aryl methyl sites for hydroxylation is 1. The summed E-state index contributed by atoms with van der Waals surface area (Å²) in [4.78, 5) is 26.6. The second kappa shape index (κ2) is 7.66. The van der Waals surface area contributed by atoms with Crippen molar-refractivity contribution in [1.82, 2.24) is 4.57 Å². The predicted octanol–water partition coefficient (Wildman–Crippen LogP) is 3.62. The molecule has 1 aliphatic heterocycles. The lowest BCUT2D eigenvalue weighted by Crippen LogP contribution is -2.36. The number of oxazole rings is 1. The van der Waals surface area contributed by atoms with Crippen LogP contribution < -0.4 is 16.4 Å². The molecule has 0 fully saturated rings. The van der Waals surface area contributed by atoms with E-state index in [1.807, 2.05) is 18.2 Å². The van der Waals surface area contributed by atoms with Crippen LogP contribution >= 0.6 is 24.0 Å². The number of nitrogens with two attached hydrogens (primary N) is 1. The molecule has 2 heterocycles. The van der Waals surface area contributed by atoms with Crippen molar-refractivity contribution in [3.8, 4) is 0 Å². The van der Waals surface area contributed by atoms with Gasteiger partial charge in [-0.3, -0.25) is 9.36 Å². The lowest BCUT2D eigenvalue weighted by atomic mass is 9.99. The molecule has 0 atom stereocenters. The molecule has 3 aromatic rings. The van der Waals surface area contributed by atoms with E-state index in [-0.39, 0.29) is 31.3 Å².